The molecule has 2 N–H and O–H groups in total. The van der Waals surface area contributed by atoms with Crippen LogP contribution in [0.15, 0.2) is 24.3 Å². The summed E-state index contributed by atoms with van der Waals surface area (Å²) in [7, 11) is 0. The number of carbonyl (C=O) groups is 2. The number of aryl methyl sites for hydroxylation is 1. The topological polar surface area (TPSA) is 58.2 Å². The fourth-order valence-corrected chi connectivity index (χ4v) is 2.48. The van der Waals surface area contributed by atoms with Crippen LogP contribution in [0.25, 0.3) is 0 Å². The Morgan fingerprint density at radius 3 is 2.57 bits per heavy atom. The molecule has 1 aliphatic rings. The van der Waals surface area contributed by atoms with Crippen LogP contribution in [0.4, 0.5) is 0 Å². The molecule has 1 aromatic carbocycles. The molecule has 0 fully saturated rings. The molecule has 2 rings (SSSR count). The lowest BCUT2D eigenvalue weighted by Gasteiger charge is -2.23. The van der Waals surface area contributed by atoms with Crippen LogP contribution < -0.4 is 10.6 Å². The molecule has 1 aromatic rings. The summed E-state index contributed by atoms with van der Waals surface area (Å²) in [5.41, 5.74) is 2.00. The minimum atomic E-state index is -0.524. The first-order valence-electron chi connectivity index (χ1n) is 7.48. The second-order valence-electron chi connectivity index (χ2n) is 6.74. The molecule has 0 heterocycles. The van der Waals surface area contributed by atoms with E-state index in [-0.39, 0.29) is 17.9 Å². The first-order chi connectivity index (χ1) is 9.79. The van der Waals surface area contributed by atoms with E-state index in [2.05, 4.69) is 22.8 Å². The number of hydrogen-bond donors (Lipinski definition) is 2. The van der Waals surface area contributed by atoms with Gasteiger partial charge in [0.25, 0.3) is 0 Å². The van der Waals surface area contributed by atoms with Crippen molar-refractivity contribution >= 4 is 11.8 Å². The molecule has 21 heavy (non-hydrogen) atoms. The maximum absolute atomic E-state index is 12.2. The molecule has 0 aromatic heterocycles. The Kier molecular flexibility index (Phi) is 4.35. The van der Waals surface area contributed by atoms with E-state index < -0.39 is 11.5 Å². The summed E-state index contributed by atoms with van der Waals surface area (Å²) in [4.78, 5) is 24.2. The monoisotopic (exact) mass is 288 g/mol. The van der Waals surface area contributed by atoms with Gasteiger partial charge < -0.3 is 10.6 Å². The molecule has 2 amide bonds. The number of hydrogen-bond acceptors (Lipinski definition) is 2. The fourth-order valence-electron chi connectivity index (χ4n) is 2.48. The van der Waals surface area contributed by atoms with Gasteiger partial charge in [-0.25, -0.2) is 0 Å². The minimum absolute atomic E-state index is 0.0580. The van der Waals surface area contributed by atoms with Crippen molar-refractivity contribution in [1.29, 1.82) is 0 Å². The smallest absolute Gasteiger partial charge is 0.242 e. The molecule has 114 valence electrons. The lowest BCUT2D eigenvalue weighted by Crippen LogP contribution is -2.48. The average Bonchev–Trinajstić information content (AvgIpc) is 2.81. The molecule has 0 radical (unpaired) electrons. The minimum Gasteiger partial charge on any atom is -0.348 e. The van der Waals surface area contributed by atoms with E-state index in [9.17, 15) is 9.59 Å². The van der Waals surface area contributed by atoms with Crippen LogP contribution in [0.5, 0.6) is 0 Å². The van der Waals surface area contributed by atoms with Gasteiger partial charge in [-0.15, -0.1) is 0 Å². The normalized spacial score (nSPS) is 18.8. The molecule has 0 unspecified atom stereocenters. The Balaban J connectivity index is 1.95. The summed E-state index contributed by atoms with van der Waals surface area (Å²) >= 11 is 0. The summed E-state index contributed by atoms with van der Waals surface area (Å²) in [6, 6.07) is 7.72. The van der Waals surface area contributed by atoms with Crippen molar-refractivity contribution in [2.75, 3.05) is 0 Å². The van der Waals surface area contributed by atoms with Gasteiger partial charge in [0.15, 0.2) is 0 Å². The third-order valence-electron chi connectivity index (χ3n) is 3.87. The van der Waals surface area contributed by atoms with Gasteiger partial charge in [0.1, 0.15) is 6.04 Å². The molecule has 0 saturated heterocycles. The second-order valence-corrected chi connectivity index (χ2v) is 6.74. The molecule has 0 saturated carbocycles. The van der Waals surface area contributed by atoms with E-state index in [1.807, 2.05) is 32.9 Å². The molecule has 2 atom stereocenters. The summed E-state index contributed by atoms with van der Waals surface area (Å²) in [6.45, 7) is 7.22. The molecular weight excluding hydrogens is 264 g/mol. The van der Waals surface area contributed by atoms with Gasteiger partial charge >= 0.3 is 0 Å². The van der Waals surface area contributed by atoms with E-state index in [0.29, 0.717) is 0 Å². The van der Waals surface area contributed by atoms with Crippen LogP contribution >= 0.6 is 0 Å². The Morgan fingerprint density at radius 1 is 1.24 bits per heavy atom. The van der Waals surface area contributed by atoms with Gasteiger partial charge in [0, 0.05) is 5.41 Å². The predicted molar refractivity (Wildman–Crippen MR) is 82.7 cm³/mol. The second kappa shape index (κ2) is 5.88. The number of benzene rings is 1. The maximum Gasteiger partial charge on any atom is 0.242 e. The average molecular weight is 288 g/mol. The number of amides is 2. The zero-order valence-electron chi connectivity index (χ0n) is 13.2. The standard InChI is InChI=1S/C17H24N2O2/c1-11(18-16(21)17(2,3)4)15(20)19-14-10-9-12-7-5-6-8-13(12)14/h5-8,11,14H,9-10H2,1-4H3,(H,18,21)(H,19,20)/t11-,14-/m1/s1. The first-order valence-corrected chi connectivity index (χ1v) is 7.48. The van der Waals surface area contributed by atoms with Crippen molar-refractivity contribution in [2.24, 2.45) is 5.41 Å². The van der Waals surface area contributed by atoms with E-state index in [4.69, 9.17) is 0 Å². The van der Waals surface area contributed by atoms with Crippen LogP contribution in [0, 0.1) is 5.41 Å². The van der Waals surface area contributed by atoms with Crippen LogP contribution in [0.2, 0.25) is 0 Å². The van der Waals surface area contributed by atoms with Crippen LogP contribution in [0.3, 0.4) is 0 Å². The molecule has 1 aliphatic carbocycles. The number of nitrogens with one attached hydrogen (secondary N) is 2. The molecule has 4 nitrogen and oxygen atoms in total. The van der Waals surface area contributed by atoms with Gasteiger partial charge in [0.2, 0.25) is 11.8 Å². The quantitative estimate of drug-likeness (QED) is 0.897. The third-order valence-corrected chi connectivity index (χ3v) is 3.87. The summed E-state index contributed by atoms with van der Waals surface area (Å²) in [5.74, 6) is -0.244. The Labute approximate surface area is 126 Å². The summed E-state index contributed by atoms with van der Waals surface area (Å²) < 4.78 is 0. The van der Waals surface area contributed by atoms with Gasteiger partial charge in [-0.2, -0.15) is 0 Å². The fraction of sp³-hybridized carbons (Fsp3) is 0.529. The Morgan fingerprint density at radius 2 is 1.90 bits per heavy atom. The van der Waals surface area contributed by atoms with Crippen molar-refractivity contribution in [3.63, 3.8) is 0 Å². The number of rotatable bonds is 3. The third kappa shape index (κ3) is 3.63. The Bertz CT molecular complexity index is 546. The van der Waals surface area contributed by atoms with Crippen molar-refractivity contribution in [2.45, 2.75) is 52.6 Å². The molecule has 0 bridgehead atoms. The molecule has 0 aliphatic heterocycles. The highest BCUT2D eigenvalue weighted by Crippen LogP contribution is 2.30. The Hall–Kier alpha value is -1.84. The molecule has 4 heteroatoms. The van der Waals surface area contributed by atoms with Crippen molar-refractivity contribution in [1.82, 2.24) is 10.6 Å². The van der Waals surface area contributed by atoms with Gasteiger partial charge in [0.05, 0.1) is 6.04 Å². The highest BCUT2D eigenvalue weighted by atomic mass is 16.2. The lowest BCUT2D eigenvalue weighted by atomic mass is 9.95. The van der Waals surface area contributed by atoms with Crippen LogP contribution in [0.1, 0.15) is 51.3 Å². The lowest BCUT2D eigenvalue weighted by molar-refractivity contribution is -0.133. The van der Waals surface area contributed by atoms with Crippen molar-refractivity contribution in [3.8, 4) is 0 Å². The molecular formula is C17H24N2O2. The highest BCUT2D eigenvalue weighted by Gasteiger charge is 2.28. The largest absolute Gasteiger partial charge is 0.348 e. The highest BCUT2D eigenvalue weighted by molar-refractivity contribution is 5.89. The summed E-state index contributed by atoms with van der Waals surface area (Å²) in [5, 5.41) is 5.80. The zero-order chi connectivity index (χ0) is 15.6. The zero-order valence-corrected chi connectivity index (χ0v) is 13.2. The summed E-state index contributed by atoms with van der Waals surface area (Å²) in [6.07, 6.45) is 1.91. The van der Waals surface area contributed by atoms with Crippen LogP contribution in [-0.4, -0.2) is 17.9 Å². The maximum atomic E-state index is 12.2. The van der Waals surface area contributed by atoms with E-state index in [0.717, 1.165) is 12.8 Å². The SMILES string of the molecule is C[C@@H](NC(=O)C(C)(C)C)C(=O)N[C@@H]1CCc2ccccc21. The van der Waals surface area contributed by atoms with Gasteiger partial charge in [-0.3, -0.25) is 9.59 Å². The number of fused-ring (bicyclic) bond motifs is 1. The van der Waals surface area contributed by atoms with Crippen LogP contribution in [-0.2, 0) is 16.0 Å². The predicted octanol–water partition coefficient (Wildman–Crippen LogP) is 2.34. The molecule has 0 spiro atoms. The first kappa shape index (κ1) is 15.5. The van der Waals surface area contributed by atoms with Crippen molar-refractivity contribution in [3.05, 3.63) is 35.4 Å². The van der Waals surface area contributed by atoms with E-state index >= 15 is 0 Å². The van der Waals surface area contributed by atoms with E-state index in [1.165, 1.54) is 11.1 Å². The van der Waals surface area contributed by atoms with E-state index in [1.54, 1.807) is 6.92 Å². The van der Waals surface area contributed by atoms with Crippen molar-refractivity contribution < 1.29 is 9.59 Å². The van der Waals surface area contributed by atoms with Gasteiger partial charge in [-0.1, -0.05) is 45.0 Å². The van der Waals surface area contributed by atoms with Gasteiger partial charge in [-0.05, 0) is 30.9 Å². The number of carbonyl (C=O) groups excluding carboxylic acids is 2.